The Labute approximate surface area is 115 Å². The second-order valence-electron chi connectivity index (χ2n) is 6.01. The molecule has 2 aliphatic carbocycles. The lowest BCUT2D eigenvalue weighted by atomic mass is 9.76. The first-order chi connectivity index (χ1) is 8.82. The van der Waals surface area contributed by atoms with Crippen LogP contribution in [-0.4, -0.2) is 18.0 Å². The summed E-state index contributed by atoms with van der Waals surface area (Å²) in [6.45, 7) is 0.942. The van der Waals surface area contributed by atoms with Gasteiger partial charge in [0.15, 0.2) is 0 Å². The quantitative estimate of drug-likeness (QED) is 0.801. The van der Waals surface area contributed by atoms with Crippen molar-refractivity contribution in [1.29, 1.82) is 0 Å². The molecule has 2 bridgehead atoms. The van der Waals surface area contributed by atoms with Crippen molar-refractivity contribution in [2.45, 2.75) is 37.6 Å². The first kappa shape index (κ1) is 12.5. The summed E-state index contributed by atoms with van der Waals surface area (Å²) in [5.74, 6) is 2.54. The van der Waals surface area contributed by atoms with Crippen molar-refractivity contribution < 1.29 is 0 Å². The van der Waals surface area contributed by atoms with Gasteiger partial charge in [-0.05, 0) is 43.1 Å². The van der Waals surface area contributed by atoms with E-state index in [4.69, 9.17) is 11.6 Å². The van der Waals surface area contributed by atoms with Gasteiger partial charge < -0.3 is 5.32 Å². The Hall–Kier alpha value is -0.530. The first-order valence-corrected chi connectivity index (χ1v) is 7.71. The second kappa shape index (κ2) is 5.22. The monoisotopic (exact) mass is 263 g/mol. The van der Waals surface area contributed by atoms with E-state index >= 15 is 0 Å². The third-order valence-corrected chi connectivity index (χ3v) is 5.10. The van der Waals surface area contributed by atoms with Gasteiger partial charge in [0.05, 0.1) is 0 Å². The molecule has 18 heavy (non-hydrogen) atoms. The van der Waals surface area contributed by atoms with Gasteiger partial charge in [-0.15, -0.1) is 11.6 Å². The van der Waals surface area contributed by atoms with E-state index in [0.29, 0.717) is 11.4 Å². The summed E-state index contributed by atoms with van der Waals surface area (Å²) in [5.41, 5.74) is 1.80. The smallest absolute Gasteiger partial charge is 0.0348 e. The van der Waals surface area contributed by atoms with Crippen LogP contribution in [0.2, 0.25) is 0 Å². The Kier molecular flexibility index (Phi) is 3.63. The molecule has 0 amide bonds. The van der Waals surface area contributed by atoms with Crippen LogP contribution in [0.3, 0.4) is 0 Å². The van der Waals surface area contributed by atoms with E-state index in [9.17, 15) is 0 Å². The predicted molar refractivity (Wildman–Crippen MR) is 77.0 cm³/mol. The number of rotatable bonds is 5. The Balaban J connectivity index is 1.78. The van der Waals surface area contributed by atoms with Crippen molar-refractivity contribution in [1.82, 2.24) is 5.32 Å². The van der Waals surface area contributed by atoms with Gasteiger partial charge in [0.1, 0.15) is 0 Å². The summed E-state index contributed by atoms with van der Waals surface area (Å²) >= 11 is 5.88. The van der Waals surface area contributed by atoms with Crippen molar-refractivity contribution in [3.63, 3.8) is 0 Å². The number of nitrogens with one attached hydrogen (secondary N) is 1. The zero-order chi connectivity index (χ0) is 12.4. The summed E-state index contributed by atoms with van der Waals surface area (Å²) in [5, 5.41) is 3.79. The van der Waals surface area contributed by atoms with Crippen LogP contribution < -0.4 is 5.32 Å². The van der Waals surface area contributed by atoms with Gasteiger partial charge in [0.2, 0.25) is 0 Å². The summed E-state index contributed by atoms with van der Waals surface area (Å²) in [4.78, 5) is 0. The van der Waals surface area contributed by atoms with Crippen LogP contribution >= 0.6 is 11.6 Å². The Morgan fingerprint density at radius 1 is 1.22 bits per heavy atom. The van der Waals surface area contributed by atoms with E-state index < -0.39 is 0 Å². The molecule has 3 unspecified atom stereocenters. The van der Waals surface area contributed by atoms with Crippen LogP contribution in [0.15, 0.2) is 30.3 Å². The van der Waals surface area contributed by atoms with Crippen LogP contribution in [0.4, 0.5) is 0 Å². The van der Waals surface area contributed by atoms with E-state index in [2.05, 4.69) is 35.6 Å². The lowest BCUT2D eigenvalue weighted by molar-refractivity contribution is 0.211. The van der Waals surface area contributed by atoms with Crippen LogP contribution in [-0.2, 0) is 6.42 Å². The summed E-state index contributed by atoms with van der Waals surface area (Å²) in [6.07, 6.45) is 6.81. The predicted octanol–water partition coefficient (Wildman–Crippen LogP) is 3.62. The standard InChI is InChI=1S/C16H22ClN/c17-8-9-18-16(11-13-4-2-1-3-5-13)12-14-6-7-15(16)10-14/h1-5,14-15,18H,6-12H2. The van der Waals surface area contributed by atoms with Crippen LogP contribution in [0.25, 0.3) is 0 Å². The number of hydrogen-bond donors (Lipinski definition) is 1. The molecule has 0 spiro atoms. The highest BCUT2D eigenvalue weighted by Crippen LogP contribution is 2.51. The maximum absolute atomic E-state index is 5.88. The molecule has 0 aliphatic heterocycles. The SMILES string of the molecule is ClCCNC1(Cc2ccccc2)CC2CCC1C2. The molecule has 3 rings (SSSR count). The minimum absolute atomic E-state index is 0.332. The minimum Gasteiger partial charge on any atom is -0.309 e. The van der Waals surface area contributed by atoms with E-state index in [1.54, 1.807) is 0 Å². The fourth-order valence-corrected chi connectivity index (χ4v) is 4.29. The molecular formula is C16H22ClN. The largest absolute Gasteiger partial charge is 0.309 e. The lowest BCUT2D eigenvalue weighted by Gasteiger charge is -2.39. The Morgan fingerprint density at radius 3 is 2.67 bits per heavy atom. The number of alkyl halides is 1. The topological polar surface area (TPSA) is 12.0 Å². The third-order valence-electron chi connectivity index (χ3n) is 4.91. The summed E-state index contributed by atoms with van der Waals surface area (Å²) in [6, 6.07) is 10.9. The van der Waals surface area contributed by atoms with Gasteiger partial charge in [0, 0.05) is 18.0 Å². The average molecular weight is 264 g/mol. The molecule has 0 saturated heterocycles. The molecule has 1 aromatic carbocycles. The molecule has 2 aliphatic rings. The van der Waals surface area contributed by atoms with Crippen molar-refractivity contribution in [3.05, 3.63) is 35.9 Å². The molecule has 1 N–H and O–H groups in total. The average Bonchev–Trinajstić information content (AvgIpc) is 2.98. The molecule has 1 nitrogen and oxygen atoms in total. The fourth-order valence-electron chi connectivity index (χ4n) is 4.20. The summed E-state index contributed by atoms with van der Waals surface area (Å²) in [7, 11) is 0. The van der Waals surface area contributed by atoms with E-state index in [1.807, 2.05) is 0 Å². The number of benzene rings is 1. The second-order valence-corrected chi connectivity index (χ2v) is 6.39. The van der Waals surface area contributed by atoms with Gasteiger partial charge in [-0.1, -0.05) is 36.8 Å². The van der Waals surface area contributed by atoms with Gasteiger partial charge in [0.25, 0.3) is 0 Å². The van der Waals surface area contributed by atoms with Gasteiger partial charge in [-0.3, -0.25) is 0 Å². The molecular weight excluding hydrogens is 242 g/mol. The van der Waals surface area contributed by atoms with Crippen molar-refractivity contribution in [3.8, 4) is 0 Å². The van der Waals surface area contributed by atoms with Gasteiger partial charge >= 0.3 is 0 Å². The van der Waals surface area contributed by atoms with Crippen molar-refractivity contribution >= 4 is 11.6 Å². The maximum Gasteiger partial charge on any atom is 0.0348 e. The van der Waals surface area contributed by atoms with Crippen LogP contribution in [0.1, 0.15) is 31.2 Å². The van der Waals surface area contributed by atoms with E-state index in [-0.39, 0.29) is 0 Å². The summed E-state index contributed by atoms with van der Waals surface area (Å²) < 4.78 is 0. The van der Waals surface area contributed by atoms with E-state index in [0.717, 1.165) is 18.4 Å². The van der Waals surface area contributed by atoms with Crippen LogP contribution in [0, 0.1) is 11.8 Å². The molecule has 3 atom stereocenters. The zero-order valence-electron chi connectivity index (χ0n) is 10.9. The Bertz CT molecular complexity index is 391. The van der Waals surface area contributed by atoms with Crippen LogP contribution in [0.5, 0.6) is 0 Å². The lowest BCUT2D eigenvalue weighted by Crippen LogP contribution is -2.52. The molecule has 0 aromatic heterocycles. The number of fused-ring (bicyclic) bond motifs is 2. The first-order valence-electron chi connectivity index (χ1n) is 7.17. The molecule has 1 aromatic rings. The van der Waals surface area contributed by atoms with Gasteiger partial charge in [-0.2, -0.15) is 0 Å². The highest BCUT2D eigenvalue weighted by Gasteiger charge is 2.50. The molecule has 2 fully saturated rings. The third kappa shape index (κ3) is 2.31. The number of halogens is 1. The minimum atomic E-state index is 0.332. The van der Waals surface area contributed by atoms with E-state index in [1.165, 1.54) is 37.7 Å². The zero-order valence-corrected chi connectivity index (χ0v) is 11.6. The number of hydrogen-bond acceptors (Lipinski definition) is 1. The Morgan fingerprint density at radius 2 is 2.06 bits per heavy atom. The highest BCUT2D eigenvalue weighted by atomic mass is 35.5. The normalized spacial score (nSPS) is 34.1. The maximum atomic E-state index is 5.88. The van der Waals surface area contributed by atoms with Gasteiger partial charge in [-0.25, -0.2) is 0 Å². The molecule has 0 radical (unpaired) electrons. The molecule has 2 heteroatoms. The molecule has 0 heterocycles. The highest BCUT2D eigenvalue weighted by molar-refractivity contribution is 6.18. The molecule has 2 saturated carbocycles. The fraction of sp³-hybridized carbons (Fsp3) is 0.625. The molecule has 98 valence electrons. The van der Waals surface area contributed by atoms with Crippen molar-refractivity contribution in [2.24, 2.45) is 11.8 Å². The van der Waals surface area contributed by atoms with Crippen molar-refractivity contribution in [2.75, 3.05) is 12.4 Å².